The van der Waals surface area contributed by atoms with Crippen LogP contribution < -0.4 is 27.0 Å². The highest BCUT2D eigenvalue weighted by Crippen LogP contribution is 2.40. The molecule has 3 aliphatic heterocycles. The van der Waals surface area contributed by atoms with Crippen LogP contribution in [0.4, 0.5) is 5.69 Å². The molecule has 16 nitrogen and oxygen atoms in total. The maximum atomic E-state index is 13.0. The molecule has 1 aromatic heterocycles. The maximum absolute atomic E-state index is 13.0. The Morgan fingerprint density at radius 3 is 2.41 bits per heavy atom. The number of aromatic nitrogens is 2. The number of fused-ring (bicyclic) bond motifs is 1. The van der Waals surface area contributed by atoms with E-state index >= 15 is 0 Å². The third-order valence-corrected chi connectivity index (χ3v) is 8.47. The van der Waals surface area contributed by atoms with Gasteiger partial charge in [0.1, 0.15) is 29.2 Å². The lowest BCUT2D eigenvalue weighted by Crippen LogP contribution is -2.70. The second-order valence-electron chi connectivity index (χ2n) is 12.0. The number of H-pyrrole nitrogens is 2. The molecular formula is C31H36IN7O9S. The second kappa shape index (κ2) is 16.6. The summed E-state index contributed by atoms with van der Waals surface area (Å²) in [6.07, 6.45) is 8.38. The van der Waals surface area contributed by atoms with E-state index in [1.165, 1.54) is 16.7 Å². The summed E-state index contributed by atoms with van der Waals surface area (Å²) < 4.78 is 0.419. The van der Waals surface area contributed by atoms with Crippen molar-refractivity contribution >= 4 is 71.1 Å². The van der Waals surface area contributed by atoms with Crippen molar-refractivity contribution in [2.75, 3.05) is 51.8 Å². The molecule has 18 heteroatoms. The quantitative estimate of drug-likeness (QED) is 0.112. The van der Waals surface area contributed by atoms with E-state index in [2.05, 4.69) is 15.6 Å². The van der Waals surface area contributed by atoms with Crippen LogP contribution in [-0.4, -0.2) is 117 Å². The molecule has 1 unspecified atom stereocenters. The first-order valence-corrected chi connectivity index (χ1v) is 15.7. The molecule has 2 aromatic rings. The van der Waals surface area contributed by atoms with Crippen LogP contribution >= 0.6 is 35.7 Å². The molecule has 49 heavy (non-hydrogen) atoms. The Kier molecular flexibility index (Phi) is 13.1. The highest BCUT2D eigenvalue weighted by molar-refractivity contribution is 14.0. The van der Waals surface area contributed by atoms with E-state index < -0.39 is 52.3 Å². The van der Waals surface area contributed by atoms with Gasteiger partial charge >= 0.3 is 11.7 Å². The fraction of sp³-hybridized carbons (Fsp3) is 0.323. The van der Waals surface area contributed by atoms with E-state index in [0.29, 0.717) is 34.5 Å². The summed E-state index contributed by atoms with van der Waals surface area (Å²) in [5.74, 6) is -3.59. The van der Waals surface area contributed by atoms with Crippen molar-refractivity contribution in [1.29, 1.82) is 0 Å². The van der Waals surface area contributed by atoms with Crippen molar-refractivity contribution in [3.05, 3.63) is 98.1 Å². The van der Waals surface area contributed by atoms with Gasteiger partial charge in [0.05, 0.1) is 33.5 Å². The predicted molar refractivity (Wildman–Crippen MR) is 189 cm³/mol. The number of amides is 3. The number of aromatic amines is 2. The number of anilines is 1. The molecular weight excluding hydrogens is 773 g/mol. The van der Waals surface area contributed by atoms with Gasteiger partial charge in [0.15, 0.2) is 0 Å². The number of hydrogen-bond acceptors (Lipinski definition) is 10. The monoisotopic (exact) mass is 809 g/mol. The Bertz CT molecular complexity index is 1830. The van der Waals surface area contributed by atoms with Crippen molar-refractivity contribution < 1.29 is 38.7 Å². The van der Waals surface area contributed by atoms with Gasteiger partial charge in [-0.2, -0.15) is 0 Å². The lowest BCUT2D eigenvalue weighted by Gasteiger charge is -2.49. The standard InChI is InChI=1S/C26H24N6O7S.C5H11NO2.HI/c33-18(10-14-6-2-3-7-17(14)28-21(34)16-11-27-26(39)30-22(16)35)29-19-23(36)32-20(25(37)38)15(13-40-24(19)32)12-31-8-4-1-5-9-31;1-6(2,3)4-5(7)8;/h1-8,11,19,24H,9-10,12-13H2,(H,28,34)(H,29,33)(H,37,38)(H2,27,30,35,39);4H2,1-3H3;1H/t19?,24-;;/m1../s1. The van der Waals surface area contributed by atoms with Crippen molar-refractivity contribution in [3.8, 4) is 0 Å². The molecule has 1 fully saturated rings. The number of quaternary nitrogens is 1. The van der Waals surface area contributed by atoms with Crippen LogP contribution in [0.3, 0.4) is 0 Å². The highest BCUT2D eigenvalue weighted by atomic mass is 127. The molecule has 1 saturated heterocycles. The highest BCUT2D eigenvalue weighted by Gasteiger charge is 2.54. The van der Waals surface area contributed by atoms with E-state index in [9.17, 15) is 43.8 Å². The van der Waals surface area contributed by atoms with Crippen LogP contribution in [0.25, 0.3) is 0 Å². The Hall–Kier alpha value is -4.69. The molecule has 4 heterocycles. The molecule has 0 saturated carbocycles. The SMILES string of the molecule is C[N+](C)(C)CC(=O)[O-].I.O=C(Cc1ccccc1NC(=O)c1c[nH]c(=O)[nH]c1=O)NC1C(=O)N2C(C(=O)O)=C(CN3C=CC=CC3)CS[C@H]12. The van der Waals surface area contributed by atoms with Gasteiger partial charge < -0.3 is 40.0 Å². The summed E-state index contributed by atoms with van der Waals surface area (Å²) in [5.41, 5.74) is -0.669. The minimum Gasteiger partial charge on any atom is -0.544 e. The summed E-state index contributed by atoms with van der Waals surface area (Å²) in [5, 5.41) is 24.5. The van der Waals surface area contributed by atoms with Crippen LogP contribution in [0.5, 0.6) is 0 Å². The summed E-state index contributed by atoms with van der Waals surface area (Å²) in [6.45, 7) is 1.08. The van der Waals surface area contributed by atoms with Gasteiger partial charge in [0.2, 0.25) is 5.91 Å². The number of carbonyl (C=O) groups excluding carboxylic acids is 4. The van der Waals surface area contributed by atoms with Gasteiger partial charge in [0.25, 0.3) is 17.4 Å². The van der Waals surface area contributed by atoms with Crippen molar-refractivity contribution in [2.24, 2.45) is 0 Å². The number of para-hydroxylation sites is 1. The topological polar surface area (TPSA) is 225 Å². The number of likely N-dealkylation sites (N-methyl/N-ethyl adjacent to an activating group) is 1. The van der Waals surface area contributed by atoms with E-state index in [0.717, 1.165) is 6.20 Å². The fourth-order valence-corrected chi connectivity index (χ4v) is 6.36. The molecule has 5 N–H and O–H groups in total. The molecule has 3 aliphatic rings. The number of aliphatic carboxylic acids is 2. The Labute approximate surface area is 301 Å². The number of nitrogens with one attached hydrogen (secondary N) is 4. The van der Waals surface area contributed by atoms with E-state index in [1.54, 1.807) is 45.4 Å². The zero-order valence-corrected chi connectivity index (χ0v) is 29.9. The van der Waals surface area contributed by atoms with Crippen LogP contribution in [0, 0.1) is 0 Å². The maximum Gasteiger partial charge on any atom is 0.352 e. The minimum atomic E-state index is -1.19. The number of carboxylic acids is 2. The number of hydrogen-bond donors (Lipinski definition) is 5. The van der Waals surface area contributed by atoms with Gasteiger partial charge in [-0.25, -0.2) is 9.59 Å². The predicted octanol–water partition coefficient (Wildman–Crippen LogP) is -0.957. The number of β-lactam (4-membered cyclic amide) rings is 1. The number of benzene rings is 1. The molecule has 0 radical (unpaired) electrons. The largest absolute Gasteiger partial charge is 0.544 e. The molecule has 0 spiro atoms. The number of nitrogens with zero attached hydrogens (tertiary/aromatic N) is 3. The summed E-state index contributed by atoms with van der Waals surface area (Å²) in [6, 6.07) is 5.56. The van der Waals surface area contributed by atoms with Gasteiger partial charge in [-0.1, -0.05) is 30.4 Å². The normalized spacial score (nSPS) is 17.9. The average molecular weight is 810 g/mol. The number of carboxylic acid groups (broad SMARTS) is 2. The number of carbonyl (C=O) groups is 5. The summed E-state index contributed by atoms with van der Waals surface area (Å²) >= 11 is 1.39. The third kappa shape index (κ3) is 10.2. The van der Waals surface area contributed by atoms with E-state index in [4.69, 9.17) is 0 Å². The first kappa shape index (κ1) is 38.8. The van der Waals surface area contributed by atoms with Gasteiger partial charge in [-0.05, 0) is 29.5 Å². The van der Waals surface area contributed by atoms with Crippen LogP contribution in [0.15, 0.2) is 75.7 Å². The minimum absolute atomic E-state index is 0. The summed E-state index contributed by atoms with van der Waals surface area (Å²) in [4.78, 5) is 91.1. The zero-order chi connectivity index (χ0) is 35.2. The van der Waals surface area contributed by atoms with Gasteiger partial charge in [0, 0.05) is 30.7 Å². The van der Waals surface area contributed by atoms with Gasteiger partial charge in [-0.15, -0.1) is 35.7 Å². The van der Waals surface area contributed by atoms with Crippen LogP contribution in [-0.2, 0) is 25.6 Å². The Morgan fingerprint density at radius 2 is 1.82 bits per heavy atom. The number of halogens is 1. The summed E-state index contributed by atoms with van der Waals surface area (Å²) in [7, 11) is 5.40. The van der Waals surface area contributed by atoms with Crippen molar-refractivity contribution in [2.45, 2.75) is 17.8 Å². The Morgan fingerprint density at radius 1 is 1.10 bits per heavy atom. The van der Waals surface area contributed by atoms with E-state index in [-0.39, 0.29) is 53.9 Å². The average Bonchev–Trinajstić information content (AvgIpc) is 3.00. The fourth-order valence-electron chi connectivity index (χ4n) is 5.02. The van der Waals surface area contributed by atoms with Gasteiger partial charge in [-0.3, -0.25) is 29.1 Å². The number of allylic oxidation sites excluding steroid dienone is 2. The lowest BCUT2D eigenvalue weighted by atomic mass is 10.0. The Balaban J connectivity index is 0.000000645. The first-order chi connectivity index (χ1) is 22.6. The van der Waals surface area contributed by atoms with E-state index in [1.807, 2.05) is 34.3 Å². The second-order valence-corrected chi connectivity index (χ2v) is 13.1. The van der Waals surface area contributed by atoms with Crippen LogP contribution in [0.2, 0.25) is 0 Å². The molecule has 1 aromatic carbocycles. The molecule has 2 atom stereocenters. The zero-order valence-electron chi connectivity index (χ0n) is 26.8. The molecule has 0 bridgehead atoms. The number of rotatable bonds is 10. The van der Waals surface area contributed by atoms with Crippen molar-refractivity contribution in [3.63, 3.8) is 0 Å². The lowest BCUT2D eigenvalue weighted by molar-refractivity contribution is -0.864. The van der Waals surface area contributed by atoms with Crippen LogP contribution in [0.1, 0.15) is 15.9 Å². The first-order valence-electron chi connectivity index (χ1n) is 14.6. The molecule has 5 rings (SSSR count). The smallest absolute Gasteiger partial charge is 0.352 e. The molecule has 262 valence electrons. The van der Waals surface area contributed by atoms with Crippen molar-refractivity contribution in [1.82, 2.24) is 25.1 Å². The molecule has 0 aliphatic carbocycles. The molecule has 3 amide bonds. The number of thioether (sulfide) groups is 1. The third-order valence-electron chi connectivity index (χ3n) is 7.13.